The summed E-state index contributed by atoms with van der Waals surface area (Å²) in [5, 5.41) is 3.92. The number of ether oxygens (including phenoxy) is 1. The zero-order chi connectivity index (χ0) is 25.3. The van der Waals surface area contributed by atoms with Crippen molar-refractivity contribution in [2.24, 2.45) is 5.92 Å². The Hall–Kier alpha value is -3.43. The van der Waals surface area contributed by atoms with Gasteiger partial charge in [0.1, 0.15) is 11.4 Å². The van der Waals surface area contributed by atoms with Gasteiger partial charge in [-0.2, -0.15) is 4.31 Å². The maximum absolute atomic E-state index is 13.6. The zero-order valence-corrected chi connectivity index (χ0v) is 21.2. The molecular formula is C27H29N3O5S. The number of aryl methyl sites for hydroxylation is 1. The SMILES string of the molecule is COc1ccc(/C=C\c2onc(C)c2S(=O)(=O)N2CCC(C(=O)N3CCc4ccccc43)CC2)cc1. The first kappa shape index (κ1) is 24.3. The largest absolute Gasteiger partial charge is 0.497 e. The summed E-state index contributed by atoms with van der Waals surface area (Å²) >= 11 is 0. The van der Waals surface area contributed by atoms with Gasteiger partial charge in [0, 0.05) is 31.2 Å². The number of benzene rings is 2. The van der Waals surface area contributed by atoms with Crippen molar-refractivity contribution >= 4 is 33.8 Å². The van der Waals surface area contributed by atoms with E-state index in [1.165, 1.54) is 9.87 Å². The first-order chi connectivity index (χ1) is 17.4. The van der Waals surface area contributed by atoms with Crippen LogP contribution in [0.4, 0.5) is 5.69 Å². The van der Waals surface area contributed by atoms with Gasteiger partial charge in [-0.15, -0.1) is 0 Å². The average molecular weight is 508 g/mol. The van der Waals surface area contributed by atoms with E-state index in [4.69, 9.17) is 9.26 Å². The van der Waals surface area contributed by atoms with Crippen molar-refractivity contribution in [1.29, 1.82) is 0 Å². The molecule has 0 N–H and O–H groups in total. The Balaban J connectivity index is 1.28. The molecule has 1 amide bonds. The lowest BCUT2D eigenvalue weighted by Crippen LogP contribution is -2.44. The van der Waals surface area contributed by atoms with E-state index < -0.39 is 10.0 Å². The van der Waals surface area contributed by atoms with E-state index in [1.54, 1.807) is 26.2 Å². The number of carbonyl (C=O) groups excluding carboxylic acids is 1. The molecule has 2 aliphatic heterocycles. The molecule has 0 bridgehead atoms. The summed E-state index contributed by atoms with van der Waals surface area (Å²) in [6.45, 7) is 2.86. The molecule has 0 atom stereocenters. The summed E-state index contributed by atoms with van der Waals surface area (Å²) in [5.41, 5.74) is 3.35. The fourth-order valence-electron chi connectivity index (χ4n) is 4.95. The highest BCUT2D eigenvalue weighted by Gasteiger charge is 2.38. The molecular weight excluding hydrogens is 478 g/mol. The predicted molar refractivity (Wildman–Crippen MR) is 137 cm³/mol. The number of sulfonamides is 1. The fraction of sp³-hybridized carbons (Fsp3) is 0.333. The number of aromatic nitrogens is 1. The molecule has 8 nitrogen and oxygen atoms in total. The third-order valence-electron chi connectivity index (χ3n) is 6.93. The number of methoxy groups -OCH3 is 1. The molecule has 1 aromatic heterocycles. The molecule has 2 aromatic carbocycles. The quantitative estimate of drug-likeness (QED) is 0.498. The molecule has 0 unspecified atom stereocenters. The summed E-state index contributed by atoms with van der Waals surface area (Å²) in [6, 6.07) is 15.4. The van der Waals surface area contributed by atoms with Crippen LogP contribution in [0.2, 0.25) is 0 Å². The second-order valence-electron chi connectivity index (χ2n) is 9.11. The third-order valence-corrected chi connectivity index (χ3v) is 8.99. The maximum atomic E-state index is 13.6. The first-order valence-electron chi connectivity index (χ1n) is 12.1. The minimum absolute atomic E-state index is 0.0745. The van der Waals surface area contributed by atoms with Crippen molar-refractivity contribution in [2.45, 2.75) is 31.1 Å². The van der Waals surface area contributed by atoms with Gasteiger partial charge in [0.05, 0.1) is 7.11 Å². The Bertz CT molecular complexity index is 1390. The number of para-hydroxylation sites is 1. The first-order valence-corrected chi connectivity index (χ1v) is 13.5. The van der Waals surface area contributed by atoms with Crippen LogP contribution in [-0.2, 0) is 21.2 Å². The van der Waals surface area contributed by atoms with Crippen LogP contribution in [0, 0.1) is 12.8 Å². The number of anilines is 1. The molecule has 188 valence electrons. The molecule has 0 spiro atoms. The van der Waals surface area contributed by atoms with E-state index in [9.17, 15) is 13.2 Å². The van der Waals surface area contributed by atoms with E-state index in [-0.39, 0.29) is 35.6 Å². The van der Waals surface area contributed by atoms with Crippen LogP contribution < -0.4 is 9.64 Å². The van der Waals surface area contributed by atoms with Crippen molar-refractivity contribution in [3.05, 3.63) is 71.1 Å². The zero-order valence-electron chi connectivity index (χ0n) is 20.4. The van der Waals surface area contributed by atoms with Gasteiger partial charge in [-0.3, -0.25) is 4.79 Å². The summed E-state index contributed by atoms with van der Waals surface area (Å²) in [7, 11) is -2.23. The molecule has 2 aliphatic rings. The lowest BCUT2D eigenvalue weighted by molar-refractivity contribution is -0.123. The topological polar surface area (TPSA) is 93.0 Å². The Morgan fingerprint density at radius 3 is 2.50 bits per heavy atom. The number of amides is 1. The van der Waals surface area contributed by atoms with Crippen molar-refractivity contribution in [2.75, 3.05) is 31.6 Å². The monoisotopic (exact) mass is 507 g/mol. The van der Waals surface area contributed by atoms with E-state index in [1.807, 2.05) is 47.4 Å². The number of nitrogens with zero attached hydrogens (tertiary/aromatic N) is 3. The van der Waals surface area contributed by atoms with E-state index in [0.717, 1.165) is 23.4 Å². The molecule has 3 heterocycles. The van der Waals surface area contributed by atoms with Crippen molar-refractivity contribution in [3.63, 3.8) is 0 Å². The van der Waals surface area contributed by atoms with Gasteiger partial charge < -0.3 is 14.2 Å². The van der Waals surface area contributed by atoms with Gasteiger partial charge in [-0.25, -0.2) is 8.42 Å². The molecule has 36 heavy (non-hydrogen) atoms. The van der Waals surface area contributed by atoms with Gasteiger partial charge in [0.25, 0.3) is 0 Å². The van der Waals surface area contributed by atoms with Crippen molar-refractivity contribution in [1.82, 2.24) is 9.46 Å². The van der Waals surface area contributed by atoms with E-state index in [0.29, 0.717) is 25.1 Å². The van der Waals surface area contributed by atoms with Gasteiger partial charge in [0.15, 0.2) is 10.7 Å². The third kappa shape index (κ3) is 4.56. The molecule has 3 aromatic rings. The highest BCUT2D eigenvalue weighted by Crippen LogP contribution is 2.33. The lowest BCUT2D eigenvalue weighted by atomic mass is 9.96. The smallest absolute Gasteiger partial charge is 0.248 e. The van der Waals surface area contributed by atoms with Crippen LogP contribution in [0.15, 0.2) is 57.9 Å². The normalized spacial score (nSPS) is 17.0. The van der Waals surface area contributed by atoms with Gasteiger partial charge in [-0.1, -0.05) is 41.6 Å². The highest BCUT2D eigenvalue weighted by atomic mass is 32.2. The van der Waals surface area contributed by atoms with Crippen molar-refractivity contribution < 1.29 is 22.5 Å². The minimum atomic E-state index is -3.83. The second-order valence-corrected chi connectivity index (χ2v) is 11.0. The standard InChI is InChI=1S/C27H29N3O5S/c1-19-26(25(35-28-19)12-9-20-7-10-23(34-2)11-8-20)36(32,33)29-16-13-22(14-17-29)27(31)30-18-15-21-5-3-4-6-24(21)30/h3-12,22H,13-18H2,1-2H3/b12-9-. The molecule has 0 aliphatic carbocycles. The number of piperidine rings is 1. The van der Waals surface area contributed by atoms with Gasteiger partial charge in [0.2, 0.25) is 15.9 Å². The maximum Gasteiger partial charge on any atom is 0.248 e. The molecule has 0 saturated carbocycles. The summed E-state index contributed by atoms with van der Waals surface area (Å²) in [4.78, 5) is 15.2. The molecule has 1 saturated heterocycles. The number of rotatable bonds is 6. The number of carbonyl (C=O) groups is 1. The Labute approximate surface area is 211 Å². The van der Waals surface area contributed by atoms with E-state index in [2.05, 4.69) is 11.2 Å². The number of fused-ring (bicyclic) bond motifs is 1. The van der Waals surface area contributed by atoms with Crippen LogP contribution in [0.1, 0.15) is 35.4 Å². The highest BCUT2D eigenvalue weighted by molar-refractivity contribution is 7.89. The summed E-state index contributed by atoms with van der Waals surface area (Å²) in [5.74, 6) is 0.818. The lowest BCUT2D eigenvalue weighted by Gasteiger charge is -2.32. The Morgan fingerprint density at radius 2 is 1.78 bits per heavy atom. The van der Waals surface area contributed by atoms with Crippen LogP contribution in [0.5, 0.6) is 5.75 Å². The van der Waals surface area contributed by atoms with Crippen LogP contribution in [0.3, 0.4) is 0 Å². The molecule has 1 fully saturated rings. The fourth-order valence-corrected chi connectivity index (χ4v) is 6.67. The summed E-state index contributed by atoms with van der Waals surface area (Å²) < 4.78 is 39.1. The predicted octanol–water partition coefficient (Wildman–Crippen LogP) is 4.15. The minimum Gasteiger partial charge on any atom is -0.497 e. The molecule has 0 radical (unpaired) electrons. The van der Waals surface area contributed by atoms with Gasteiger partial charge in [-0.05, 0) is 61.6 Å². The summed E-state index contributed by atoms with van der Waals surface area (Å²) in [6.07, 6.45) is 5.22. The Morgan fingerprint density at radius 1 is 1.06 bits per heavy atom. The van der Waals surface area contributed by atoms with Crippen LogP contribution in [-0.4, -0.2) is 50.5 Å². The van der Waals surface area contributed by atoms with Crippen LogP contribution >= 0.6 is 0 Å². The van der Waals surface area contributed by atoms with Crippen LogP contribution in [0.25, 0.3) is 12.2 Å². The average Bonchev–Trinajstić information content (AvgIpc) is 3.51. The van der Waals surface area contributed by atoms with E-state index >= 15 is 0 Å². The number of hydrogen-bond donors (Lipinski definition) is 0. The van der Waals surface area contributed by atoms with Crippen molar-refractivity contribution in [3.8, 4) is 5.75 Å². The second kappa shape index (κ2) is 9.91. The molecule has 9 heteroatoms. The van der Waals surface area contributed by atoms with Gasteiger partial charge >= 0.3 is 0 Å². The Kier molecular flexibility index (Phi) is 6.68. The molecule has 5 rings (SSSR count). The number of hydrogen-bond acceptors (Lipinski definition) is 6.